The van der Waals surface area contributed by atoms with Gasteiger partial charge in [0, 0.05) is 62.3 Å². The molecule has 1 unspecified atom stereocenters. The fourth-order valence-corrected chi connectivity index (χ4v) is 8.71. The Hall–Kier alpha value is -5.71. The van der Waals surface area contributed by atoms with Crippen LogP contribution in [-0.2, 0) is 17.9 Å². The van der Waals surface area contributed by atoms with E-state index in [1.165, 1.54) is 36.5 Å². The molecule has 57 heavy (non-hydrogen) atoms. The van der Waals surface area contributed by atoms with Crippen LogP contribution >= 0.6 is 0 Å². The van der Waals surface area contributed by atoms with Crippen molar-refractivity contribution in [1.82, 2.24) is 30.5 Å². The van der Waals surface area contributed by atoms with Gasteiger partial charge in [-0.1, -0.05) is 49.3 Å². The van der Waals surface area contributed by atoms with Crippen molar-refractivity contribution in [2.75, 3.05) is 37.7 Å². The minimum absolute atomic E-state index is 0.0358. The predicted octanol–water partition coefficient (Wildman–Crippen LogP) is 6.72. The number of hydrogen-bond acceptors (Lipinski definition) is 9. The summed E-state index contributed by atoms with van der Waals surface area (Å²) in [5.41, 5.74) is 1.41. The number of pyridine rings is 1. The maximum Gasteiger partial charge on any atom is 0.319 e. The number of phenols is 1. The highest BCUT2D eigenvalue weighted by Gasteiger charge is 2.49. The van der Waals surface area contributed by atoms with Gasteiger partial charge in [-0.15, -0.1) is 6.42 Å². The number of carbonyl (C=O) groups excluding carboxylic acids is 1. The summed E-state index contributed by atoms with van der Waals surface area (Å²) in [6.45, 7) is 7.01. The van der Waals surface area contributed by atoms with E-state index in [-0.39, 0.29) is 58.0 Å². The van der Waals surface area contributed by atoms with Crippen molar-refractivity contribution in [3.8, 4) is 35.4 Å². The molecule has 13 heteroatoms. The van der Waals surface area contributed by atoms with Gasteiger partial charge in [0.15, 0.2) is 5.82 Å². The fourth-order valence-electron chi connectivity index (χ4n) is 8.71. The van der Waals surface area contributed by atoms with Gasteiger partial charge in [-0.05, 0) is 73.0 Å². The number of alkyl halides is 1. The molecule has 10 nitrogen and oxygen atoms in total. The van der Waals surface area contributed by atoms with Crippen LogP contribution in [0.25, 0.3) is 32.9 Å². The average Bonchev–Trinajstić information content (AvgIpc) is 3.63. The summed E-state index contributed by atoms with van der Waals surface area (Å²) in [5.74, 6) is 0.988. The van der Waals surface area contributed by atoms with Crippen LogP contribution in [0.1, 0.15) is 55.2 Å². The topological polar surface area (TPSA) is 116 Å². The Morgan fingerprint density at radius 2 is 1.88 bits per heavy atom. The normalized spacial score (nSPS) is 21.0. The smallest absolute Gasteiger partial charge is 0.319 e. The number of hydrogen-bond donors (Lipinski definition) is 3. The van der Waals surface area contributed by atoms with Crippen LogP contribution in [0.15, 0.2) is 67.4 Å². The van der Waals surface area contributed by atoms with Crippen LogP contribution in [0.5, 0.6) is 11.8 Å². The van der Waals surface area contributed by atoms with Crippen molar-refractivity contribution in [3.05, 3.63) is 95.7 Å². The molecule has 1 amide bonds. The number of aromatic hydroxyl groups is 1. The number of rotatable bonds is 11. The Labute approximate surface area is 329 Å². The number of halogens is 3. The Balaban J connectivity index is 1.14. The Kier molecular flexibility index (Phi) is 10.7. The molecule has 3 N–H and O–H groups in total. The van der Waals surface area contributed by atoms with Crippen LogP contribution in [0, 0.1) is 24.0 Å². The van der Waals surface area contributed by atoms with Crippen LogP contribution in [-0.4, -0.2) is 81.4 Å². The minimum Gasteiger partial charge on any atom is -0.508 e. The Bertz CT molecular complexity index is 2390. The van der Waals surface area contributed by atoms with Crippen LogP contribution in [0.2, 0.25) is 0 Å². The molecule has 3 aliphatic heterocycles. The van der Waals surface area contributed by atoms with Gasteiger partial charge in [0.05, 0.1) is 16.5 Å². The molecular formula is C44H44F3N7O3. The van der Waals surface area contributed by atoms with Gasteiger partial charge in [0.1, 0.15) is 41.4 Å². The molecule has 0 bridgehead atoms. The van der Waals surface area contributed by atoms with Gasteiger partial charge in [-0.25, -0.2) is 13.2 Å². The molecule has 3 fully saturated rings. The molecule has 0 saturated carbocycles. The lowest BCUT2D eigenvalue weighted by Crippen LogP contribution is -2.43. The molecule has 2 aromatic heterocycles. The van der Waals surface area contributed by atoms with Crippen molar-refractivity contribution in [3.63, 3.8) is 0 Å². The summed E-state index contributed by atoms with van der Waals surface area (Å²) in [4.78, 5) is 29.9. The number of terminal acetylenes is 1. The van der Waals surface area contributed by atoms with E-state index in [2.05, 4.69) is 42.9 Å². The van der Waals surface area contributed by atoms with Gasteiger partial charge in [-0.2, -0.15) is 9.97 Å². The summed E-state index contributed by atoms with van der Waals surface area (Å²) in [6, 6.07) is 13.5. The number of aromatic nitrogens is 3. The van der Waals surface area contributed by atoms with E-state index >= 15 is 4.39 Å². The van der Waals surface area contributed by atoms with E-state index in [1.807, 2.05) is 24.3 Å². The number of ether oxygens (including phenoxy) is 1. The van der Waals surface area contributed by atoms with E-state index in [1.54, 1.807) is 0 Å². The van der Waals surface area contributed by atoms with E-state index in [4.69, 9.17) is 16.1 Å². The second-order valence-electron chi connectivity index (χ2n) is 15.3. The van der Waals surface area contributed by atoms with Crippen molar-refractivity contribution in [2.45, 2.75) is 69.4 Å². The largest absolute Gasteiger partial charge is 0.508 e. The molecule has 3 atom stereocenters. The number of nitrogens with zero attached hydrogens (tertiary/aromatic N) is 5. The third-order valence-corrected chi connectivity index (χ3v) is 11.6. The number of amides is 1. The highest BCUT2D eigenvalue weighted by Crippen LogP contribution is 2.42. The minimum atomic E-state index is -0.951. The molecular weight excluding hydrogens is 732 g/mol. The molecule has 3 saturated heterocycles. The van der Waals surface area contributed by atoms with Crippen molar-refractivity contribution < 1.29 is 27.8 Å². The van der Waals surface area contributed by atoms with E-state index in [0.29, 0.717) is 55.7 Å². The number of anilines is 1. The summed E-state index contributed by atoms with van der Waals surface area (Å²) in [6.07, 6.45) is 12.3. The van der Waals surface area contributed by atoms with Crippen LogP contribution in [0.4, 0.5) is 19.0 Å². The molecule has 3 aliphatic rings. The Morgan fingerprint density at radius 1 is 1.07 bits per heavy atom. The lowest BCUT2D eigenvalue weighted by Gasteiger charge is -2.31. The molecule has 0 spiro atoms. The SMILES string of the molecule is C#Cc1c(F)ccc2cc(O)cc(-c3ncc4c(N5CCCCC(NCc6ccc(CNC(=O)C=C)cc6)C5)nc(OC[C@@]56CCCN5C[C@H](F)C6)nc4c3F)c12. The molecule has 3 aromatic carbocycles. The number of nitrogens with one attached hydrogen (secondary N) is 2. The first-order chi connectivity index (χ1) is 27.6. The average molecular weight is 776 g/mol. The molecule has 5 heterocycles. The zero-order valence-corrected chi connectivity index (χ0v) is 31.5. The molecule has 5 aromatic rings. The summed E-state index contributed by atoms with van der Waals surface area (Å²) in [7, 11) is 0. The van der Waals surface area contributed by atoms with Crippen molar-refractivity contribution in [2.24, 2.45) is 0 Å². The van der Waals surface area contributed by atoms with Gasteiger partial charge in [0.25, 0.3) is 0 Å². The van der Waals surface area contributed by atoms with Crippen molar-refractivity contribution >= 4 is 33.4 Å². The lowest BCUT2D eigenvalue weighted by molar-refractivity contribution is -0.116. The summed E-state index contributed by atoms with van der Waals surface area (Å²) >= 11 is 0. The maximum absolute atomic E-state index is 17.1. The van der Waals surface area contributed by atoms with Gasteiger partial charge < -0.3 is 25.4 Å². The fraction of sp³-hybridized carbons (Fsp3) is 0.364. The zero-order chi connectivity index (χ0) is 39.7. The Morgan fingerprint density at radius 3 is 2.67 bits per heavy atom. The highest BCUT2D eigenvalue weighted by atomic mass is 19.1. The predicted molar refractivity (Wildman–Crippen MR) is 214 cm³/mol. The van der Waals surface area contributed by atoms with E-state index in [9.17, 15) is 18.7 Å². The van der Waals surface area contributed by atoms with Crippen molar-refractivity contribution in [1.29, 1.82) is 0 Å². The first-order valence-electron chi connectivity index (χ1n) is 19.4. The van der Waals surface area contributed by atoms with Gasteiger partial charge in [-0.3, -0.25) is 14.7 Å². The van der Waals surface area contributed by atoms with E-state index < -0.39 is 23.3 Å². The number of carbonyl (C=O) groups is 1. The first-order valence-corrected chi connectivity index (χ1v) is 19.4. The standard InChI is InChI=1S/C44H44F3N7O3/c1-3-33-36(46)14-13-29-18-32(55)19-34(38(29)33)40-39(47)41-35(23-50-40)42(52-43(51-41)57-26-44-15-7-17-54(44)24-30(45)20-44)53-16-6-5-8-31(25-53)48-21-27-9-11-28(12-10-27)22-49-37(56)4-2/h1,4,9-14,18-19,23,30-31,48,55H,2,5-8,15-17,20-22,24-26H2,(H,49,56)/t30-,31?,44+/m1/s1. The quantitative estimate of drug-likeness (QED) is 0.0995. The molecule has 0 aliphatic carbocycles. The summed E-state index contributed by atoms with van der Waals surface area (Å²) in [5, 5.41) is 18.2. The highest BCUT2D eigenvalue weighted by molar-refractivity contribution is 6.03. The third-order valence-electron chi connectivity index (χ3n) is 11.6. The number of fused-ring (bicyclic) bond motifs is 3. The summed E-state index contributed by atoms with van der Waals surface area (Å²) < 4.78 is 53.1. The zero-order valence-electron chi connectivity index (χ0n) is 31.5. The van der Waals surface area contributed by atoms with Gasteiger partial charge in [0.2, 0.25) is 5.91 Å². The molecule has 0 radical (unpaired) electrons. The lowest BCUT2D eigenvalue weighted by atomic mass is 9.95. The second-order valence-corrected chi connectivity index (χ2v) is 15.3. The number of phenolic OH excluding ortho intramolecular Hbond substituents is 1. The molecule has 294 valence electrons. The van der Waals surface area contributed by atoms with E-state index in [0.717, 1.165) is 49.8 Å². The third kappa shape index (κ3) is 7.72. The molecule has 8 rings (SSSR count). The van der Waals surface area contributed by atoms with Gasteiger partial charge >= 0.3 is 6.01 Å². The monoisotopic (exact) mass is 775 g/mol. The van der Waals surface area contributed by atoms with Crippen LogP contribution in [0.3, 0.4) is 0 Å². The number of benzene rings is 3. The van der Waals surface area contributed by atoms with Crippen LogP contribution < -0.4 is 20.3 Å². The maximum atomic E-state index is 17.1. The second kappa shape index (κ2) is 16.0. The first kappa shape index (κ1) is 38.2.